The van der Waals surface area contributed by atoms with Gasteiger partial charge >= 0.3 is 0 Å². The summed E-state index contributed by atoms with van der Waals surface area (Å²) in [4.78, 5) is 9.76. The van der Waals surface area contributed by atoms with Crippen LogP contribution >= 0.6 is 15.9 Å². The van der Waals surface area contributed by atoms with E-state index in [4.69, 9.17) is 5.11 Å². The zero-order valence-corrected chi connectivity index (χ0v) is 5.80. The number of hydrogen-bond acceptors (Lipinski definition) is 3. The lowest BCUT2D eigenvalue weighted by Crippen LogP contribution is -2.08. The number of alkyl halides is 1. The molecule has 1 N–H and O–H groups in total. The van der Waals surface area contributed by atoms with E-state index in [9.17, 15) is 4.79 Å². The highest BCUT2D eigenvalue weighted by atomic mass is 79.9. The van der Waals surface area contributed by atoms with Gasteiger partial charge in [-0.15, -0.1) is 0 Å². The highest BCUT2D eigenvalue weighted by molar-refractivity contribution is 9.09. The summed E-state index contributed by atoms with van der Waals surface area (Å²) in [5.41, 5.74) is 0. The minimum absolute atomic E-state index is 0.0596. The number of aliphatic hydroxyl groups excluding tert-OH is 1. The molecule has 1 unspecified atom stereocenters. The third kappa shape index (κ3) is 4.23. The molecule has 0 bridgehead atoms. The molecule has 0 aromatic carbocycles. The number of carbonyl (C=O) groups excluding carboxylic acids is 1. The molecule has 0 amide bonds. The summed E-state index contributed by atoms with van der Waals surface area (Å²) in [5.74, 6) is 0. The van der Waals surface area contributed by atoms with Gasteiger partial charge in [-0.3, -0.25) is 4.79 Å². The van der Waals surface area contributed by atoms with Crippen LogP contribution in [0.2, 0.25) is 0 Å². The predicted molar refractivity (Wildman–Crippen MR) is 31.8 cm³/mol. The maximum atomic E-state index is 9.76. The van der Waals surface area contributed by atoms with Crippen LogP contribution in [0.1, 0.15) is 0 Å². The molecule has 0 rings (SSSR count). The van der Waals surface area contributed by atoms with Crippen LogP contribution in [0.15, 0.2) is 0 Å². The minimum Gasteiger partial charge on any atom is -0.394 e. The molecular weight excluding hydrogens is 176 g/mol. The summed E-state index contributed by atoms with van der Waals surface area (Å²) >= 11 is 2.88. The monoisotopic (exact) mass is 182 g/mol. The number of carbonyl (C=O) groups is 1. The fourth-order valence-electron chi connectivity index (χ4n) is 0.205. The Bertz CT molecular complexity index is 66.3. The third-order valence-corrected chi connectivity index (χ3v) is 0.956. The topological polar surface area (TPSA) is 46.5 Å². The van der Waals surface area contributed by atoms with E-state index in [1.807, 2.05) is 0 Å². The molecule has 0 aromatic heterocycles. The Hall–Kier alpha value is 0.0700. The van der Waals surface area contributed by atoms with E-state index >= 15 is 0 Å². The lowest BCUT2D eigenvalue weighted by molar-refractivity contribution is -0.113. The molecule has 0 spiro atoms. The van der Waals surface area contributed by atoms with Gasteiger partial charge in [0, 0.05) is 0 Å². The van der Waals surface area contributed by atoms with E-state index in [-0.39, 0.29) is 13.2 Å². The molecule has 8 heavy (non-hydrogen) atoms. The molecule has 0 saturated heterocycles. The van der Waals surface area contributed by atoms with E-state index in [0.717, 1.165) is 0 Å². The van der Waals surface area contributed by atoms with Gasteiger partial charge in [0.05, 0.1) is 13.2 Å². The first-order chi connectivity index (χ1) is 3.81. The van der Waals surface area contributed by atoms with Crippen LogP contribution in [0.3, 0.4) is 0 Å². The van der Waals surface area contributed by atoms with Crippen molar-refractivity contribution in [1.29, 1.82) is 0 Å². The van der Waals surface area contributed by atoms with Crippen molar-refractivity contribution in [3.63, 3.8) is 0 Å². The SMILES string of the molecule is O=CC(Br)OCCO. The van der Waals surface area contributed by atoms with Crippen LogP contribution in [0.4, 0.5) is 0 Å². The van der Waals surface area contributed by atoms with Crippen LogP contribution in [0.5, 0.6) is 0 Å². The largest absolute Gasteiger partial charge is 0.394 e. The fourth-order valence-corrected chi connectivity index (χ4v) is 0.391. The molecule has 0 radical (unpaired) electrons. The molecule has 48 valence electrons. The predicted octanol–water partition coefficient (Wildman–Crippen LogP) is -0.0848. The van der Waals surface area contributed by atoms with Crippen LogP contribution in [-0.4, -0.2) is 29.6 Å². The Morgan fingerprint density at radius 2 is 2.50 bits per heavy atom. The Kier molecular flexibility index (Phi) is 5.26. The molecule has 0 heterocycles. The van der Waals surface area contributed by atoms with E-state index in [1.165, 1.54) is 0 Å². The number of halogens is 1. The van der Waals surface area contributed by atoms with Gasteiger partial charge < -0.3 is 9.84 Å². The summed E-state index contributed by atoms with van der Waals surface area (Å²) in [7, 11) is 0. The standard InChI is InChI=1S/C4H7BrO3/c5-4(3-7)8-2-1-6/h3-4,6H,1-2H2. The highest BCUT2D eigenvalue weighted by Gasteiger charge is 1.97. The first-order valence-electron chi connectivity index (χ1n) is 2.13. The maximum absolute atomic E-state index is 9.76. The van der Waals surface area contributed by atoms with Crippen molar-refractivity contribution in [2.24, 2.45) is 0 Å². The molecular formula is C4H7BrO3. The van der Waals surface area contributed by atoms with E-state index in [0.29, 0.717) is 6.29 Å². The van der Waals surface area contributed by atoms with Crippen molar-refractivity contribution in [1.82, 2.24) is 0 Å². The van der Waals surface area contributed by atoms with Crippen molar-refractivity contribution in [3.05, 3.63) is 0 Å². The van der Waals surface area contributed by atoms with Crippen molar-refractivity contribution >= 4 is 22.2 Å². The van der Waals surface area contributed by atoms with Gasteiger partial charge in [0.15, 0.2) is 11.3 Å². The molecule has 3 nitrogen and oxygen atoms in total. The first kappa shape index (κ1) is 8.07. The van der Waals surface area contributed by atoms with Gasteiger partial charge in [-0.25, -0.2) is 0 Å². The van der Waals surface area contributed by atoms with Crippen LogP contribution in [-0.2, 0) is 9.53 Å². The smallest absolute Gasteiger partial charge is 0.167 e. The normalized spacial score (nSPS) is 13.2. The summed E-state index contributed by atoms with van der Waals surface area (Å²) in [6.45, 7) is 0.130. The minimum atomic E-state index is -0.574. The van der Waals surface area contributed by atoms with Gasteiger partial charge in [-0.1, -0.05) is 0 Å². The van der Waals surface area contributed by atoms with Crippen molar-refractivity contribution < 1.29 is 14.6 Å². The molecule has 0 aromatic rings. The van der Waals surface area contributed by atoms with Crippen molar-refractivity contribution in [2.45, 2.75) is 5.01 Å². The Labute approximate surface area is 55.8 Å². The molecule has 0 saturated carbocycles. The van der Waals surface area contributed by atoms with E-state index in [1.54, 1.807) is 0 Å². The second-order valence-electron chi connectivity index (χ2n) is 1.08. The average molecular weight is 183 g/mol. The molecule has 0 aliphatic rings. The Morgan fingerprint density at radius 1 is 1.88 bits per heavy atom. The Balaban J connectivity index is 2.98. The zero-order valence-electron chi connectivity index (χ0n) is 4.21. The quantitative estimate of drug-likeness (QED) is 0.489. The number of rotatable bonds is 4. The van der Waals surface area contributed by atoms with E-state index in [2.05, 4.69) is 20.7 Å². The highest BCUT2D eigenvalue weighted by Crippen LogP contribution is 1.95. The number of aldehydes is 1. The van der Waals surface area contributed by atoms with Gasteiger partial charge in [-0.2, -0.15) is 0 Å². The van der Waals surface area contributed by atoms with E-state index < -0.39 is 5.01 Å². The second kappa shape index (κ2) is 5.21. The van der Waals surface area contributed by atoms with Crippen molar-refractivity contribution in [2.75, 3.05) is 13.2 Å². The van der Waals surface area contributed by atoms with Gasteiger partial charge in [0.2, 0.25) is 0 Å². The first-order valence-corrected chi connectivity index (χ1v) is 3.04. The van der Waals surface area contributed by atoms with Crippen LogP contribution in [0, 0.1) is 0 Å². The summed E-state index contributed by atoms with van der Waals surface area (Å²) < 4.78 is 4.64. The van der Waals surface area contributed by atoms with Gasteiger partial charge in [0.25, 0.3) is 0 Å². The van der Waals surface area contributed by atoms with Crippen molar-refractivity contribution in [3.8, 4) is 0 Å². The molecule has 0 fully saturated rings. The molecule has 0 aliphatic heterocycles. The molecule has 1 atom stereocenters. The molecule has 0 aliphatic carbocycles. The van der Waals surface area contributed by atoms with Gasteiger partial charge in [0.1, 0.15) is 0 Å². The fraction of sp³-hybridized carbons (Fsp3) is 0.750. The second-order valence-corrected chi connectivity index (χ2v) is 1.98. The van der Waals surface area contributed by atoms with Crippen LogP contribution in [0.25, 0.3) is 0 Å². The summed E-state index contributed by atoms with van der Waals surface area (Å²) in [6.07, 6.45) is 0.607. The average Bonchev–Trinajstić information content (AvgIpc) is 1.83. The Morgan fingerprint density at radius 3 is 2.88 bits per heavy atom. The number of aliphatic hydroxyl groups is 1. The summed E-state index contributed by atoms with van der Waals surface area (Å²) in [5, 5.41) is 7.57. The maximum Gasteiger partial charge on any atom is 0.167 e. The zero-order chi connectivity index (χ0) is 6.41. The van der Waals surface area contributed by atoms with Gasteiger partial charge in [-0.05, 0) is 15.9 Å². The summed E-state index contributed by atoms with van der Waals surface area (Å²) in [6, 6.07) is 0. The number of ether oxygens (including phenoxy) is 1. The van der Waals surface area contributed by atoms with Crippen LogP contribution < -0.4 is 0 Å². The lowest BCUT2D eigenvalue weighted by Gasteiger charge is -1.99. The third-order valence-electron chi connectivity index (χ3n) is 0.475. The number of hydrogen-bond donors (Lipinski definition) is 1. The molecule has 4 heteroatoms. The lowest BCUT2D eigenvalue weighted by atomic mass is 10.7.